The molecule has 0 atom stereocenters. The van der Waals surface area contributed by atoms with Crippen LogP contribution >= 0.6 is 12.2 Å². The molecule has 0 radical (unpaired) electrons. The van der Waals surface area contributed by atoms with Crippen LogP contribution in [0, 0.1) is 0 Å². The zero-order valence-electron chi connectivity index (χ0n) is 19.8. The van der Waals surface area contributed by atoms with Crippen LogP contribution in [-0.2, 0) is 6.54 Å². The highest BCUT2D eigenvalue weighted by atomic mass is 32.1. The van der Waals surface area contributed by atoms with E-state index in [0.29, 0.717) is 35.7 Å². The van der Waals surface area contributed by atoms with E-state index in [1.807, 2.05) is 0 Å². The van der Waals surface area contributed by atoms with Gasteiger partial charge in [-0.3, -0.25) is 14.9 Å². The van der Waals surface area contributed by atoms with E-state index in [1.54, 1.807) is 66.9 Å². The minimum Gasteiger partial charge on any atom is -0.494 e. The summed E-state index contributed by atoms with van der Waals surface area (Å²) in [6.45, 7) is 3.18. The zero-order valence-corrected chi connectivity index (χ0v) is 20.7. The van der Waals surface area contributed by atoms with Crippen LogP contribution in [0.15, 0.2) is 71.3 Å². The number of ether oxygens (including phenoxy) is 1. The van der Waals surface area contributed by atoms with Gasteiger partial charge < -0.3 is 19.8 Å². The molecular formula is C27H31N3O4S. The van der Waals surface area contributed by atoms with Crippen LogP contribution in [0.25, 0.3) is 0 Å². The Labute approximate surface area is 211 Å². The minimum absolute atomic E-state index is 0.164. The number of hydrogen-bond donors (Lipinski definition) is 3. The number of nitrogens with one attached hydrogen (secondary N) is 3. The van der Waals surface area contributed by atoms with Gasteiger partial charge in [0.05, 0.1) is 19.4 Å². The first-order valence-corrected chi connectivity index (χ1v) is 12.2. The third kappa shape index (κ3) is 8.90. The monoisotopic (exact) mass is 493 g/mol. The molecule has 3 N–H and O–H groups in total. The predicted octanol–water partition coefficient (Wildman–Crippen LogP) is 5.69. The minimum atomic E-state index is -0.317. The van der Waals surface area contributed by atoms with E-state index < -0.39 is 0 Å². The number of carbonyl (C=O) groups excluding carboxylic acids is 2. The van der Waals surface area contributed by atoms with Crippen molar-refractivity contribution >= 4 is 34.8 Å². The molecule has 0 aliphatic heterocycles. The van der Waals surface area contributed by atoms with Gasteiger partial charge >= 0.3 is 0 Å². The molecule has 8 heteroatoms. The van der Waals surface area contributed by atoms with Gasteiger partial charge in [-0.2, -0.15) is 0 Å². The molecular weight excluding hydrogens is 462 g/mol. The number of furan rings is 1. The fraction of sp³-hybridized carbons (Fsp3) is 0.296. The maximum atomic E-state index is 12.5. The van der Waals surface area contributed by atoms with E-state index in [4.69, 9.17) is 21.4 Å². The van der Waals surface area contributed by atoms with Crippen LogP contribution in [0.2, 0.25) is 0 Å². The van der Waals surface area contributed by atoms with Crippen molar-refractivity contribution < 1.29 is 18.7 Å². The maximum absolute atomic E-state index is 12.5. The molecule has 184 valence electrons. The smallest absolute Gasteiger partial charge is 0.257 e. The highest BCUT2D eigenvalue weighted by molar-refractivity contribution is 7.80. The molecule has 7 nitrogen and oxygen atoms in total. The topological polar surface area (TPSA) is 92.6 Å². The molecule has 3 aromatic rings. The van der Waals surface area contributed by atoms with Gasteiger partial charge in [-0.15, -0.1) is 0 Å². The molecule has 3 rings (SSSR count). The van der Waals surface area contributed by atoms with Crippen LogP contribution < -0.4 is 20.7 Å². The highest BCUT2D eigenvalue weighted by Crippen LogP contribution is 2.14. The van der Waals surface area contributed by atoms with E-state index >= 15 is 0 Å². The van der Waals surface area contributed by atoms with Gasteiger partial charge in [0.1, 0.15) is 11.5 Å². The van der Waals surface area contributed by atoms with Crippen LogP contribution in [0.1, 0.15) is 65.5 Å². The summed E-state index contributed by atoms with van der Waals surface area (Å²) in [5.41, 5.74) is 1.63. The molecule has 2 amide bonds. The number of rotatable bonds is 12. The van der Waals surface area contributed by atoms with E-state index in [-0.39, 0.29) is 16.9 Å². The molecule has 0 saturated carbocycles. The largest absolute Gasteiger partial charge is 0.494 e. The van der Waals surface area contributed by atoms with Crippen LogP contribution in [0.5, 0.6) is 5.75 Å². The number of anilines is 1. The van der Waals surface area contributed by atoms with Crippen molar-refractivity contribution in [2.75, 3.05) is 11.9 Å². The Morgan fingerprint density at radius 3 is 2.26 bits per heavy atom. The molecule has 0 fully saturated rings. The van der Waals surface area contributed by atoms with Crippen LogP contribution in [0.3, 0.4) is 0 Å². The van der Waals surface area contributed by atoms with E-state index in [1.165, 1.54) is 25.7 Å². The maximum Gasteiger partial charge on any atom is 0.257 e. The number of amides is 2. The number of thiocarbonyl (C=S) groups is 1. The molecule has 35 heavy (non-hydrogen) atoms. The number of hydrogen-bond acceptors (Lipinski definition) is 5. The molecule has 2 aromatic carbocycles. The Balaban J connectivity index is 1.40. The van der Waals surface area contributed by atoms with Gasteiger partial charge in [0.2, 0.25) is 0 Å². The summed E-state index contributed by atoms with van der Waals surface area (Å²) in [6.07, 6.45) is 7.47. The second-order valence-electron chi connectivity index (χ2n) is 8.03. The van der Waals surface area contributed by atoms with Gasteiger partial charge in [0.15, 0.2) is 5.11 Å². The first-order valence-electron chi connectivity index (χ1n) is 11.8. The summed E-state index contributed by atoms with van der Waals surface area (Å²) in [6, 6.07) is 17.3. The van der Waals surface area contributed by atoms with E-state index in [0.717, 1.165) is 12.2 Å². The summed E-state index contributed by atoms with van der Waals surface area (Å²) >= 11 is 5.25. The standard InChI is InChI=1S/C27H31N3O4S/c1-2-3-4-5-6-17-33-23-15-11-21(12-16-23)26(32)30-27(35)29-22-13-9-20(10-14-22)25(31)28-19-24-8-7-18-34-24/h7-16,18H,2-6,17,19H2,1H3,(H,28,31)(H2,29,30,32,35). The third-order valence-corrected chi connectivity index (χ3v) is 5.47. The van der Waals surface area contributed by atoms with Crippen LogP contribution in [0.4, 0.5) is 5.69 Å². The SMILES string of the molecule is CCCCCCCOc1ccc(C(=O)NC(=S)Nc2ccc(C(=O)NCc3ccco3)cc2)cc1. The van der Waals surface area contributed by atoms with E-state index in [9.17, 15) is 9.59 Å². The van der Waals surface area contributed by atoms with Gasteiger partial charge in [-0.25, -0.2) is 0 Å². The fourth-order valence-corrected chi connectivity index (χ4v) is 3.53. The van der Waals surface area contributed by atoms with Crippen molar-refractivity contribution in [3.63, 3.8) is 0 Å². The lowest BCUT2D eigenvalue weighted by Crippen LogP contribution is -2.34. The average Bonchev–Trinajstić information content (AvgIpc) is 3.39. The Morgan fingerprint density at radius 2 is 1.57 bits per heavy atom. The zero-order chi connectivity index (χ0) is 24.9. The van der Waals surface area contributed by atoms with Gasteiger partial charge in [0.25, 0.3) is 11.8 Å². The third-order valence-electron chi connectivity index (χ3n) is 5.27. The van der Waals surface area contributed by atoms with Crippen molar-refractivity contribution in [1.82, 2.24) is 10.6 Å². The van der Waals surface area contributed by atoms with Crippen molar-refractivity contribution in [3.8, 4) is 5.75 Å². The summed E-state index contributed by atoms with van der Waals surface area (Å²) in [4.78, 5) is 24.7. The normalized spacial score (nSPS) is 10.4. The lowest BCUT2D eigenvalue weighted by atomic mass is 10.2. The summed E-state index contributed by atoms with van der Waals surface area (Å²) < 4.78 is 10.9. The van der Waals surface area contributed by atoms with Gasteiger partial charge in [0, 0.05) is 16.8 Å². The second kappa shape index (κ2) is 13.9. The van der Waals surface area contributed by atoms with E-state index in [2.05, 4.69) is 22.9 Å². The van der Waals surface area contributed by atoms with Crippen molar-refractivity contribution in [2.45, 2.75) is 45.6 Å². The molecule has 0 saturated heterocycles. The first-order chi connectivity index (χ1) is 17.0. The summed E-state index contributed by atoms with van der Waals surface area (Å²) in [5, 5.41) is 8.56. The average molecular weight is 494 g/mol. The fourth-order valence-electron chi connectivity index (χ4n) is 3.32. The highest BCUT2D eigenvalue weighted by Gasteiger charge is 2.10. The quantitative estimate of drug-likeness (QED) is 0.222. The molecule has 0 spiro atoms. The number of carbonyl (C=O) groups is 2. The summed E-state index contributed by atoms with van der Waals surface area (Å²) in [5.74, 6) is 0.888. The lowest BCUT2D eigenvalue weighted by molar-refractivity contribution is 0.0946. The van der Waals surface area contributed by atoms with Gasteiger partial charge in [-0.1, -0.05) is 32.6 Å². The Bertz CT molecular complexity index is 1080. The molecule has 1 aromatic heterocycles. The molecule has 1 heterocycles. The lowest BCUT2D eigenvalue weighted by Gasteiger charge is -2.11. The molecule has 0 unspecified atom stereocenters. The molecule has 0 aliphatic carbocycles. The first kappa shape index (κ1) is 26.0. The second-order valence-corrected chi connectivity index (χ2v) is 8.44. The van der Waals surface area contributed by atoms with Crippen molar-refractivity contribution in [1.29, 1.82) is 0 Å². The van der Waals surface area contributed by atoms with Crippen molar-refractivity contribution in [3.05, 3.63) is 83.8 Å². The number of benzene rings is 2. The van der Waals surface area contributed by atoms with Crippen molar-refractivity contribution in [2.24, 2.45) is 0 Å². The molecule has 0 bridgehead atoms. The van der Waals surface area contributed by atoms with Crippen LogP contribution in [-0.4, -0.2) is 23.5 Å². The predicted molar refractivity (Wildman–Crippen MR) is 141 cm³/mol. The van der Waals surface area contributed by atoms with Gasteiger partial charge in [-0.05, 0) is 79.3 Å². The Hall–Kier alpha value is -3.65. The summed E-state index contributed by atoms with van der Waals surface area (Å²) in [7, 11) is 0. The Kier molecular flexibility index (Phi) is 10.3. The molecule has 0 aliphatic rings. The Morgan fingerprint density at radius 1 is 0.886 bits per heavy atom. The number of unbranched alkanes of at least 4 members (excludes halogenated alkanes) is 4.